The van der Waals surface area contributed by atoms with Crippen molar-refractivity contribution in [3.63, 3.8) is 0 Å². The Morgan fingerprint density at radius 3 is 3.07 bits per heavy atom. The highest BCUT2D eigenvalue weighted by Gasteiger charge is 2.28. The smallest absolute Gasteiger partial charge is 0.227 e. The number of carbonyl (C=O) groups excluding carboxylic acids is 1. The van der Waals surface area contributed by atoms with Crippen LogP contribution in [0.3, 0.4) is 0 Å². The average molecular weight is 212 g/mol. The Morgan fingerprint density at radius 1 is 1.53 bits per heavy atom. The molecule has 0 bridgehead atoms. The summed E-state index contributed by atoms with van der Waals surface area (Å²) in [5.41, 5.74) is 0. The minimum absolute atomic E-state index is 0.194. The second kappa shape index (κ2) is 4.94. The van der Waals surface area contributed by atoms with Crippen molar-refractivity contribution in [2.45, 2.75) is 25.9 Å². The summed E-state index contributed by atoms with van der Waals surface area (Å²) in [6, 6.07) is 0. The number of morpholine rings is 1. The number of amides is 1. The largest absolute Gasteiger partial charge is 0.375 e. The van der Waals surface area contributed by atoms with Crippen LogP contribution >= 0.6 is 0 Å². The summed E-state index contributed by atoms with van der Waals surface area (Å²) in [4.78, 5) is 14.1. The van der Waals surface area contributed by atoms with Gasteiger partial charge in [0.05, 0.1) is 18.6 Å². The van der Waals surface area contributed by atoms with E-state index in [1.54, 1.807) is 0 Å². The predicted molar refractivity (Wildman–Crippen MR) is 57.6 cm³/mol. The van der Waals surface area contributed by atoms with E-state index >= 15 is 0 Å². The van der Waals surface area contributed by atoms with Crippen LogP contribution in [0.1, 0.15) is 19.8 Å². The van der Waals surface area contributed by atoms with Crippen molar-refractivity contribution in [1.82, 2.24) is 10.2 Å². The molecule has 0 aromatic rings. The monoisotopic (exact) mass is 212 g/mol. The Hall–Kier alpha value is -0.610. The van der Waals surface area contributed by atoms with Crippen molar-refractivity contribution >= 4 is 5.91 Å². The first-order valence-corrected chi connectivity index (χ1v) is 5.88. The van der Waals surface area contributed by atoms with E-state index in [1.165, 1.54) is 0 Å². The minimum atomic E-state index is 0.194. The topological polar surface area (TPSA) is 41.6 Å². The molecule has 86 valence electrons. The highest BCUT2D eigenvalue weighted by atomic mass is 16.5. The fourth-order valence-electron chi connectivity index (χ4n) is 2.34. The molecule has 2 fully saturated rings. The molecule has 2 rings (SSSR count). The molecule has 2 heterocycles. The van der Waals surface area contributed by atoms with E-state index in [1.807, 2.05) is 11.8 Å². The molecule has 2 saturated heterocycles. The molecule has 2 unspecified atom stereocenters. The Morgan fingerprint density at radius 2 is 2.40 bits per heavy atom. The lowest BCUT2D eigenvalue weighted by atomic mass is 9.98. The summed E-state index contributed by atoms with van der Waals surface area (Å²) in [5, 5.41) is 3.29. The van der Waals surface area contributed by atoms with E-state index in [9.17, 15) is 4.79 Å². The third-order valence-electron chi connectivity index (χ3n) is 3.20. The number of carbonyl (C=O) groups is 1. The molecule has 15 heavy (non-hydrogen) atoms. The van der Waals surface area contributed by atoms with E-state index in [0.29, 0.717) is 12.5 Å². The highest BCUT2D eigenvalue weighted by molar-refractivity contribution is 5.79. The van der Waals surface area contributed by atoms with Gasteiger partial charge in [-0.3, -0.25) is 4.79 Å². The molecule has 1 amide bonds. The zero-order valence-electron chi connectivity index (χ0n) is 9.37. The van der Waals surface area contributed by atoms with Crippen LogP contribution in [0.15, 0.2) is 0 Å². The highest BCUT2D eigenvalue weighted by Crippen LogP contribution is 2.15. The molecule has 2 atom stereocenters. The van der Waals surface area contributed by atoms with Crippen LogP contribution in [0.5, 0.6) is 0 Å². The van der Waals surface area contributed by atoms with Crippen molar-refractivity contribution in [3.8, 4) is 0 Å². The number of piperidine rings is 1. The Labute approximate surface area is 91.0 Å². The van der Waals surface area contributed by atoms with Crippen LogP contribution in [0.4, 0.5) is 0 Å². The molecule has 0 radical (unpaired) electrons. The number of rotatable bonds is 1. The Bertz CT molecular complexity index is 227. The van der Waals surface area contributed by atoms with Gasteiger partial charge in [0.2, 0.25) is 5.91 Å². The molecular formula is C11H20N2O2. The number of hydrogen-bond donors (Lipinski definition) is 1. The second-order valence-electron chi connectivity index (χ2n) is 4.51. The van der Waals surface area contributed by atoms with E-state index < -0.39 is 0 Å². The normalized spacial score (nSPS) is 32.7. The number of hydrogen-bond acceptors (Lipinski definition) is 3. The molecular weight excluding hydrogens is 192 g/mol. The quantitative estimate of drug-likeness (QED) is 0.676. The first kappa shape index (κ1) is 10.9. The molecule has 0 spiro atoms. The van der Waals surface area contributed by atoms with Gasteiger partial charge in [-0.15, -0.1) is 0 Å². The lowest BCUT2D eigenvalue weighted by Gasteiger charge is -2.34. The number of ether oxygens (including phenoxy) is 1. The van der Waals surface area contributed by atoms with Gasteiger partial charge >= 0.3 is 0 Å². The molecule has 4 nitrogen and oxygen atoms in total. The summed E-state index contributed by atoms with van der Waals surface area (Å²) in [6.45, 7) is 6.15. The predicted octanol–water partition coefficient (Wildman–Crippen LogP) is 0.233. The van der Waals surface area contributed by atoms with Gasteiger partial charge in [0.25, 0.3) is 0 Å². The van der Waals surface area contributed by atoms with Crippen molar-refractivity contribution in [2.75, 3.05) is 32.8 Å². The molecule has 0 aliphatic carbocycles. The molecule has 2 aliphatic rings. The van der Waals surface area contributed by atoms with Gasteiger partial charge in [-0.2, -0.15) is 0 Å². The van der Waals surface area contributed by atoms with Gasteiger partial charge in [0.1, 0.15) is 0 Å². The second-order valence-corrected chi connectivity index (χ2v) is 4.51. The van der Waals surface area contributed by atoms with Gasteiger partial charge in [0.15, 0.2) is 0 Å². The standard InChI is InChI=1S/C11H20N2O2/c1-9-8-13(5-6-15-9)11(14)10-3-2-4-12-7-10/h9-10,12H,2-8H2,1H3. The third kappa shape index (κ3) is 2.69. The van der Waals surface area contributed by atoms with Crippen LogP contribution in [0, 0.1) is 5.92 Å². The van der Waals surface area contributed by atoms with Crippen LogP contribution in [0.2, 0.25) is 0 Å². The molecule has 0 aromatic carbocycles. The molecule has 0 aromatic heterocycles. The van der Waals surface area contributed by atoms with Gasteiger partial charge in [-0.1, -0.05) is 0 Å². The van der Waals surface area contributed by atoms with Crippen LogP contribution in [-0.2, 0) is 9.53 Å². The van der Waals surface area contributed by atoms with Gasteiger partial charge < -0.3 is 15.0 Å². The molecule has 2 aliphatic heterocycles. The Kier molecular flexibility index (Phi) is 3.59. The van der Waals surface area contributed by atoms with Crippen molar-refractivity contribution in [3.05, 3.63) is 0 Å². The SMILES string of the molecule is CC1CN(C(=O)C2CCCNC2)CCO1. The third-order valence-corrected chi connectivity index (χ3v) is 3.20. The molecule has 1 N–H and O–H groups in total. The lowest BCUT2D eigenvalue weighted by Crippen LogP contribution is -2.49. The fourth-order valence-corrected chi connectivity index (χ4v) is 2.34. The maximum absolute atomic E-state index is 12.1. The average Bonchev–Trinajstić information content (AvgIpc) is 2.29. The van der Waals surface area contributed by atoms with Crippen LogP contribution in [-0.4, -0.2) is 49.7 Å². The van der Waals surface area contributed by atoms with Crippen molar-refractivity contribution in [1.29, 1.82) is 0 Å². The zero-order valence-corrected chi connectivity index (χ0v) is 9.37. The number of nitrogens with one attached hydrogen (secondary N) is 1. The summed E-state index contributed by atoms with van der Waals surface area (Å²) in [5.74, 6) is 0.515. The van der Waals surface area contributed by atoms with E-state index in [2.05, 4.69) is 5.32 Å². The van der Waals surface area contributed by atoms with Crippen molar-refractivity contribution < 1.29 is 9.53 Å². The first-order chi connectivity index (χ1) is 7.27. The van der Waals surface area contributed by atoms with Crippen LogP contribution in [0.25, 0.3) is 0 Å². The summed E-state index contributed by atoms with van der Waals surface area (Å²) in [6.07, 6.45) is 2.35. The maximum atomic E-state index is 12.1. The Balaban J connectivity index is 1.88. The molecule has 0 saturated carbocycles. The van der Waals surface area contributed by atoms with E-state index in [0.717, 1.165) is 39.0 Å². The van der Waals surface area contributed by atoms with E-state index in [4.69, 9.17) is 4.74 Å². The van der Waals surface area contributed by atoms with Gasteiger partial charge in [-0.05, 0) is 26.3 Å². The van der Waals surface area contributed by atoms with Crippen molar-refractivity contribution in [2.24, 2.45) is 5.92 Å². The fraction of sp³-hybridized carbons (Fsp3) is 0.909. The summed E-state index contributed by atoms with van der Waals surface area (Å²) in [7, 11) is 0. The zero-order chi connectivity index (χ0) is 10.7. The van der Waals surface area contributed by atoms with Gasteiger partial charge in [-0.25, -0.2) is 0 Å². The summed E-state index contributed by atoms with van der Waals surface area (Å²) < 4.78 is 5.44. The molecule has 4 heteroatoms. The minimum Gasteiger partial charge on any atom is -0.375 e. The number of nitrogens with zero attached hydrogens (tertiary/aromatic N) is 1. The summed E-state index contributed by atoms with van der Waals surface area (Å²) >= 11 is 0. The van der Waals surface area contributed by atoms with Crippen LogP contribution < -0.4 is 5.32 Å². The maximum Gasteiger partial charge on any atom is 0.227 e. The van der Waals surface area contributed by atoms with E-state index in [-0.39, 0.29) is 12.0 Å². The first-order valence-electron chi connectivity index (χ1n) is 5.88. The lowest BCUT2D eigenvalue weighted by molar-refractivity contribution is -0.143. The van der Waals surface area contributed by atoms with Gasteiger partial charge in [0, 0.05) is 19.6 Å².